The van der Waals surface area contributed by atoms with E-state index in [1.54, 1.807) is 0 Å². The number of aromatic nitrogens is 2. The molecular formula is C7H11N3O2S. The Balaban J connectivity index is 2.32. The van der Waals surface area contributed by atoms with Gasteiger partial charge in [-0.1, -0.05) is 6.92 Å². The van der Waals surface area contributed by atoms with E-state index in [0.717, 1.165) is 12.2 Å². The molecule has 72 valence electrons. The van der Waals surface area contributed by atoms with E-state index in [2.05, 4.69) is 14.7 Å². The number of aliphatic carboxylic acids is 1. The molecule has 0 aliphatic carbocycles. The van der Waals surface area contributed by atoms with E-state index in [1.165, 1.54) is 11.5 Å². The van der Waals surface area contributed by atoms with Crippen LogP contribution in [-0.4, -0.2) is 27.0 Å². The van der Waals surface area contributed by atoms with E-state index in [-0.39, 0.29) is 6.42 Å². The molecule has 13 heavy (non-hydrogen) atoms. The molecular weight excluding hydrogens is 190 g/mol. The molecule has 1 rings (SSSR count). The largest absolute Gasteiger partial charge is 0.481 e. The number of nitrogens with one attached hydrogen (secondary N) is 1. The summed E-state index contributed by atoms with van der Waals surface area (Å²) >= 11 is 1.26. The zero-order valence-electron chi connectivity index (χ0n) is 7.28. The topological polar surface area (TPSA) is 75.1 Å². The lowest BCUT2D eigenvalue weighted by molar-refractivity contribution is -0.136. The van der Waals surface area contributed by atoms with Crippen molar-refractivity contribution in [1.82, 2.24) is 9.36 Å². The van der Waals surface area contributed by atoms with E-state index >= 15 is 0 Å². The minimum atomic E-state index is -0.812. The van der Waals surface area contributed by atoms with Crippen molar-refractivity contribution >= 4 is 22.6 Å². The molecule has 0 radical (unpaired) electrons. The van der Waals surface area contributed by atoms with Crippen LogP contribution in [0.5, 0.6) is 0 Å². The van der Waals surface area contributed by atoms with Crippen LogP contribution in [0.1, 0.15) is 19.2 Å². The van der Waals surface area contributed by atoms with Gasteiger partial charge in [0.2, 0.25) is 5.13 Å². The first-order chi connectivity index (χ1) is 6.22. The lowest BCUT2D eigenvalue weighted by atomic mass is 10.4. The smallest absolute Gasteiger partial charge is 0.305 e. The van der Waals surface area contributed by atoms with Gasteiger partial charge in [-0.3, -0.25) is 4.79 Å². The van der Waals surface area contributed by atoms with E-state index in [0.29, 0.717) is 11.7 Å². The second kappa shape index (κ2) is 4.76. The average Bonchev–Trinajstić information content (AvgIpc) is 2.52. The molecule has 0 fully saturated rings. The third-order valence-electron chi connectivity index (χ3n) is 1.40. The highest BCUT2D eigenvalue weighted by Gasteiger charge is 2.01. The molecule has 2 N–H and O–H groups in total. The van der Waals surface area contributed by atoms with Crippen molar-refractivity contribution < 1.29 is 9.90 Å². The van der Waals surface area contributed by atoms with Crippen LogP contribution in [0.2, 0.25) is 0 Å². The van der Waals surface area contributed by atoms with Gasteiger partial charge in [0.1, 0.15) is 5.82 Å². The van der Waals surface area contributed by atoms with Crippen molar-refractivity contribution in [2.45, 2.75) is 19.8 Å². The second-order valence-corrected chi connectivity index (χ2v) is 3.19. The van der Waals surface area contributed by atoms with E-state index in [1.807, 2.05) is 6.92 Å². The summed E-state index contributed by atoms with van der Waals surface area (Å²) in [6, 6.07) is 0. The van der Waals surface area contributed by atoms with Crippen molar-refractivity contribution in [3.05, 3.63) is 5.82 Å². The predicted molar refractivity (Wildman–Crippen MR) is 50.0 cm³/mol. The Morgan fingerprint density at radius 1 is 1.69 bits per heavy atom. The molecule has 6 heteroatoms. The molecule has 0 aliphatic heterocycles. The summed E-state index contributed by atoms with van der Waals surface area (Å²) in [7, 11) is 0. The zero-order valence-corrected chi connectivity index (χ0v) is 8.10. The molecule has 0 spiro atoms. The fraction of sp³-hybridized carbons (Fsp3) is 0.571. The van der Waals surface area contributed by atoms with Crippen molar-refractivity contribution in [3.8, 4) is 0 Å². The van der Waals surface area contributed by atoms with Gasteiger partial charge in [-0.2, -0.15) is 4.37 Å². The Hall–Kier alpha value is -1.17. The van der Waals surface area contributed by atoms with Crippen LogP contribution in [0.15, 0.2) is 0 Å². The van der Waals surface area contributed by atoms with Crippen molar-refractivity contribution in [2.24, 2.45) is 0 Å². The van der Waals surface area contributed by atoms with Gasteiger partial charge in [0.15, 0.2) is 0 Å². The van der Waals surface area contributed by atoms with Gasteiger partial charge in [-0.15, -0.1) is 0 Å². The molecule has 0 amide bonds. The van der Waals surface area contributed by atoms with Gasteiger partial charge in [0.05, 0.1) is 6.42 Å². The Bertz CT molecular complexity index is 287. The fourth-order valence-corrected chi connectivity index (χ4v) is 1.42. The van der Waals surface area contributed by atoms with Crippen LogP contribution in [0.25, 0.3) is 0 Å². The molecule has 0 atom stereocenters. The number of nitrogens with zero attached hydrogens (tertiary/aromatic N) is 2. The van der Waals surface area contributed by atoms with Crippen molar-refractivity contribution in [1.29, 1.82) is 0 Å². The SMILES string of the molecule is CCc1nsc(NCCC(=O)O)n1. The van der Waals surface area contributed by atoms with Crippen LogP contribution in [-0.2, 0) is 11.2 Å². The van der Waals surface area contributed by atoms with Gasteiger partial charge in [0, 0.05) is 24.5 Å². The number of carboxylic acid groups (broad SMARTS) is 1. The number of carbonyl (C=O) groups is 1. The number of anilines is 1. The molecule has 0 aromatic carbocycles. The quantitative estimate of drug-likeness (QED) is 0.743. The van der Waals surface area contributed by atoms with Gasteiger partial charge in [-0.25, -0.2) is 4.98 Å². The first kappa shape index (κ1) is 9.91. The molecule has 0 aliphatic rings. The van der Waals surface area contributed by atoms with E-state index < -0.39 is 5.97 Å². The molecule has 0 saturated carbocycles. The monoisotopic (exact) mass is 201 g/mol. The maximum Gasteiger partial charge on any atom is 0.305 e. The third kappa shape index (κ3) is 3.37. The van der Waals surface area contributed by atoms with Gasteiger partial charge < -0.3 is 10.4 Å². The molecule has 0 bridgehead atoms. The molecule has 5 nitrogen and oxygen atoms in total. The van der Waals surface area contributed by atoms with Crippen LogP contribution in [0.3, 0.4) is 0 Å². The van der Waals surface area contributed by atoms with Crippen LogP contribution >= 0.6 is 11.5 Å². The summed E-state index contributed by atoms with van der Waals surface area (Å²) in [6.07, 6.45) is 0.901. The number of aryl methyl sites for hydroxylation is 1. The molecule has 1 heterocycles. The molecule has 1 aromatic rings. The van der Waals surface area contributed by atoms with Crippen LogP contribution in [0.4, 0.5) is 5.13 Å². The Morgan fingerprint density at radius 3 is 3.00 bits per heavy atom. The number of carboxylic acids is 1. The molecule has 1 aromatic heterocycles. The lowest BCUT2D eigenvalue weighted by Gasteiger charge is -1.96. The highest BCUT2D eigenvalue weighted by molar-refractivity contribution is 7.09. The van der Waals surface area contributed by atoms with E-state index in [4.69, 9.17) is 5.11 Å². The number of rotatable bonds is 5. The Morgan fingerprint density at radius 2 is 2.46 bits per heavy atom. The first-order valence-electron chi connectivity index (χ1n) is 4.00. The van der Waals surface area contributed by atoms with E-state index in [9.17, 15) is 4.79 Å². The second-order valence-electron chi connectivity index (χ2n) is 2.44. The van der Waals surface area contributed by atoms with Crippen LogP contribution in [0, 0.1) is 0 Å². The number of hydrogen-bond acceptors (Lipinski definition) is 5. The summed E-state index contributed by atoms with van der Waals surface area (Å²) in [4.78, 5) is 14.3. The molecule has 0 saturated heterocycles. The minimum absolute atomic E-state index is 0.0983. The predicted octanol–water partition coefficient (Wildman–Crippen LogP) is 0.987. The number of hydrogen-bond donors (Lipinski definition) is 2. The average molecular weight is 201 g/mol. The maximum atomic E-state index is 10.2. The highest BCUT2D eigenvalue weighted by Crippen LogP contribution is 2.10. The molecule has 0 unspecified atom stereocenters. The summed E-state index contributed by atoms with van der Waals surface area (Å²) < 4.78 is 4.05. The van der Waals surface area contributed by atoms with Crippen molar-refractivity contribution in [2.75, 3.05) is 11.9 Å². The third-order valence-corrected chi connectivity index (χ3v) is 2.11. The maximum absolute atomic E-state index is 10.2. The summed E-state index contributed by atoms with van der Waals surface area (Å²) in [5.41, 5.74) is 0. The Labute approximate surface area is 80.0 Å². The van der Waals surface area contributed by atoms with Crippen molar-refractivity contribution in [3.63, 3.8) is 0 Å². The normalized spacial score (nSPS) is 9.92. The fourth-order valence-electron chi connectivity index (χ4n) is 0.746. The first-order valence-corrected chi connectivity index (χ1v) is 4.78. The zero-order chi connectivity index (χ0) is 9.68. The summed E-state index contributed by atoms with van der Waals surface area (Å²) in [5.74, 6) is -0.0180. The lowest BCUT2D eigenvalue weighted by Crippen LogP contribution is -2.07. The van der Waals surface area contributed by atoms with Gasteiger partial charge in [0.25, 0.3) is 0 Å². The summed E-state index contributed by atoms with van der Waals surface area (Å²) in [6.45, 7) is 2.37. The van der Waals surface area contributed by atoms with Gasteiger partial charge >= 0.3 is 5.97 Å². The Kier molecular flexibility index (Phi) is 3.63. The minimum Gasteiger partial charge on any atom is -0.481 e. The standard InChI is InChI=1S/C7H11N3O2S/c1-2-5-9-7(13-10-5)8-4-3-6(11)12/h2-4H2,1H3,(H,11,12)(H,8,9,10). The highest BCUT2D eigenvalue weighted by atomic mass is 32.1. The summed E-state index contributed by atoms with van der Waals surface area (Å²) in [5, 5.41) is 12.0. The van der Waals surface area contributed by atoms with Crippen LogP contribution < -0.4 is 5.32 Å². The van der Waals surface area contributed by atoms with Gasteiger partial charge in [-0.05, 0) is 0 Å².